The lowest BCUT2D eigenvalue weighted by atomic mass is 9.94. The third-order valence-corrected chi connectivity index (χ3v) is 12.1. The predicted molar refractivity (Wildman–Crippen MR) is 263 cm³/mol. The van der Waals surface area contributed by atoms with E-state index in [9.17, 15) is 4.79 Å². The number of aromatic nitrogens is 5. The molecule has 66 heavy (non-hydrogen) atoms. The average Bonchev–Trinajstić information content (AvgIpc) is 4.22. The van der Waals surface area contributed by atoms with Gasteiger partial charge in [0.2, 0.25) is 0 Å². The summed E-state index contributed by atoms with van der Waals surface area (Å²) in [5, 5.41) is 0. The van der Waals surface area contributed by atoms with Crippen molar-refractivity contribution in [2.75, 3.05) is 6.61 Å². The molecule has 8 aromatic rings. The van der Waals surface area contributed by atoms with E-state index in [1.165, 1.54) is 0 Å². The molecule has 7 heterocycles. The largest absolute Gasteiger partial charge is 0.678 e. The molecule has 0 unspecified atom stereocenters. The molecule has 0 radical (unpaired) electrons. The normalized spacial score (nSPS) is 13.1. The van der Waals surface area contributed by atoms with Crippen LogP contribution in [0.4, 0.5) is 8.63 Å². The molecule has 3 aliphatic rings. The van der Waals surface area contributed by atoms with E-state index in [4.69, 9.17) is 14.7 Å². The molecule has 0 atom stereocenters. The first-order valence-electron chi connectivity index (χ1n) is 21.8. The highest BCUT2D eigenvalue weighted by Crippen LogP contribution is 2.51. The molecule has 0 spiro atoms. The van der Waals surface area contributed by atoms with Crippen LogP contribution in [0.5, 0.6) is 0 Å². The van der Waals surface area contributed by atoms with E-state index < -0.39 is 13.4 Å². The van der Waals surface area contributed by atoms with Gasteiger partial charge in [-0.3, -0.25) is 13.6 Å². The molecular formula is C55H39BF2N6O2. The first-order valence-corrected chi connectivity index (χ1v) is 21.8. The smallest absolute Gasteiger partial charge is 0.461 e. The van der Waals surface area contributed by atoms with Gasteiger partial charge >= 0.3 is 13.4 Å². The van der Waals surface area contributed by atoms with Crippen molar-refractivity contribution in [1.82, 2.24) is 24.4 Å². The Bertz CT molecular complexity index is 3490. The van der Waals surface area contributed by atoms with Gasteiger partial charge in [0.15, 0.2) is 0 Å². The molecule has 3 aliphatic heterocycles. The van der Waals surface area contributed by atoms with Crippen molar-refractivity contribution < 1.29 is 18.2 Å². The molecule has 0 fully saturated rings. The van der Waals surface area contributed by atoms with Gasteiger partial charge in [-0.05, 0) is 77.7 Å². The Morgan fingerprint density at radius 1 is 0.591 bits per heavy atom. The molecule has 4 aromatic carbocycles. The second kappa shape index (κ2) is 16.9. The van der Waals surface area contributed by atoms with Gasteiger partial charge < -0.3 is 19.2 Å². The number of hydrogen-bond acceptors (Lipinski definition) is 5. The fourth-order valence-electron chi connectivity index (χ4n) is 9.32. The van der Waals surface area contributed by atoms with Gasteiger partial charge in [-0.2, -0.15) is 0 Å². The second-order valence-electron chi connectivity index (χ2n) is 15.9. The number of benzene rings is 4. The van der Waals surface area contributed by atoms with Crippen molar-refractivity contribution in [3.8, 4) is 67.0 Å². The maximum absolute atomic E-state index is 16.1. The number of H-pyrrole nitrogens is 2. The minimum absolute atomic E-state index is 0.00680. The zero-order chi connectivity index (χ0) is 44.7. The maximum atomic E-state index is 16.1. The molecule has 0 aliphatic carbocycles. The Hall–Kier alpha value is -8.44. The Morgan fingerprint density at radius 2 is 1.05 bits per heavy atom. The first-order chi connectivity index (χ1) is 32.5. The quantitative estimate of drug-likeness (QED) is 0.111. The van der Waals surface area contributed by atoms with Crippen LogP contribution in [0, 0.1) is 0 Å². The summed E-state index contributed by atoms with van der Waals surface area (Å²) in [7, 11) is -3.12. The van der Waals surface area contributed by atoms with Crippen molar-refractivity contribution in [2.45, 2.75) is 13.3 Å². The summed E-state index contributed by atoms with van der Waals surface area (Å²) in [6.45, 7) is 1.64. The molecule has 11 rings (SSSR count). The lowest BCUT2D eigenvalue weighted by molar-refractivity contribution is 0.0518. The highest BCUT2D eigenvalue weighted by atomic mass is 19.2. The van der Waals surface area contributed by atoms with E-state index >= 15 is 8.63 Å². The van der Waals surface area contributed by atoms with Crippen molar-refractivity contribution >= 4 is 53.8 Å². The van der Waals surface area contributed by atoms with E-state index in [1.807, 2.05) is 133 Å². The summed E-state index contributed by atoms with van der Waals surface area (Å²) in [5.41, 5.74) is 12.8. The van der Waals surface area contributed by atoms with E-state index in [-0.39, 0.29) is 30.0 Å². The van der Waals surface area contributed by atoms with Gasteiger partial charge in [-0.1, -0.05) is 127 Å². The van der Waals surface area contributed by atoms with E-state index in [0.717, 1.165) is 60.3 Å². The van der Waals surface area contributed by atoms with Gasteiger partial charge in [0.05, 0.1) is 35.1 Å². The molecule has 318 valence electrons. The fourth-order valence-corrected chi connectivity index (χ4v) is 9.32. The average molecular weight is 865 g/mol. The number of esters is 1. The summed E-state index contributed by atoms with van der Waals surface area (Å²) in [6.07, 6.45) is 11.2. The topological polar surface area (TPSA) is 101 Å². The molecule has 4 aromatic heterocycles. The molecule has 8 bridgehead atoms. The van der Waals surface area contributed by atoms with Crippen LogP contribution in [0.2, 0.25) is 0 Å². The monoisotopic (exact) mass is 864 g/mol. The van der Waals surface area contributed by atoms with Crippen molar-refractivity contribution in [2.24, 2.45) is 4.99 Å². The molecule has 0 saturated carbocycles. The van der Waals surface area contributed by atoms with Crippen LogP contribution in [0.3, 0.4) is 0 Å². The number of nitrogens with zero attached hydrogens (tertiary/aromatic N) is 4. The van der Waals surface area contributed by atoms with Gasteiger partial charge in [-0.15, -0.1) is 0 Å². The van der Waals surface area contributed by atoms with Gasteiger partial charge in [0.25, 0.3) is 0 Å². The summed E-state index contributed by atoms with van der Waals surface area (Å²) in [5.74, 6) is -0.880. The van der Waals surface area contributed by atoms with E-state index in [1.54, 1.807) is 25.3 Å². The highest BCUT2D eigenvalue weighted by molar-refractivity contribution is 6.43. The number of allylic oxidation sites excluding steroid dienone is 3. The number of halogens is 2. The van der Waals surface area contributed by atoms with Crippen molar-refractivity contribution in [3.05, 3.63) is 192 Å². The first kappa shape index (κ1) is 40.3. The molecule has 8 nitrogen and oxygen atoms in total. The number of rotatable bonds is 9. The van der Waals surface area contributed by atoms with Gasteiger partial charge in [0.1, 0.15) is 5.69 Å². The molecule has 0 saturated heterocycles. The Morgan fingerprint density at radius 3 is 1.48 bits per heavy atom. The standard InChI is InChI=1S/C55H39BF2N6O2/c1-2-66-55(65)54-51-50(45(64(54)56(57)58)32-25-38-24-15-33-59-38)52-48(36-20-11-5-12-21-36)43-30-28-41(61-43)46(34-16-7-3-8-17-34)39-26-27-40(60-39)47(35-18-9-4-10-19-35)42-29-31-44(62-42)49(53(51)63-52)37-22-13-6-14-23-37/h3-31,33,61-62H,2,32H2,1H3/b38-25+,46-39?,46-41?,47-40?,47-42?,48-43?,49-44?,52-48?,53-49?. The lowest BCUT2D eigenvalue weighted by Crippen LogP contribution is -2.23. The summed E-state index contributed by atoms with van der Waals surface area (Å²) in [4.78, 5) is 37.4. The summed E-state index contributed by atoms with van der Waals surface area (Å²) >= 11 is 0. The van der Waals surface area contributed by atoms with Crippen LogP contribution < -0.4 is 0 Å². The molecule has 0 amide bonds. The third-order valence-electron chi connectivity index (χ3n) is 12.1. The molecule has 2 N–H and O–H groups in total. The number of nitrogens with one attached hydrogen (secondary N) is 2. The maximum Gasteiger partial charge on any atom is 0.678 e. The minimum atomic E-state index is -3.12. The number of carbonyl (C=O) groups is 1. The van der Waals surface area contributed by atoms with Crippen LogP contribution in [-0.2, 0) is 11.2 Å². The Kier molecular flexibility index (Phi) is 10.3. The van der Waals surface area contributed by atoms with Crippen LogP contribution in [-0.4, -0.2) is 50.6 Å². The van der Waals surface area contributed by atoms with E-state index in [0.29, 0.717) is 44.8 Å². The Balaban J connectivity index is 1.40. The predicted octanol–water partition coefficient (Wildman–Crippen LogP) is 13.3. The third kappa shape index (κ3) is 7.02. The lowest BCUT2D eigenvalue weighted by Gasteiger charge is -2.13. The number of hydrogen-bond donors (Lipinski definition) is 2. The molecular weight excluding hydrogens is 825 g/mol. The van der Waals surface area contributed by atoms with E-state index in [2.05, 4.69) is 45.3 Å². The minimum Gasteiger partial charge on any atom is -0.461 e. The van der Waals surface area contributed by atoms with Crippen LogP contribution in [0.15, 0.2) is 175 Å². The van der Waals surface area contributed by atoms with Gasteiger partial charge in [-0.25, -0.2) is 14.8 Å². The SMILES string of the molecule is CCOC(=O)c1c2c(c(C/C=C3\C=CC=N3)n1B(F)F)-c1nc-2c(-c2ccccc2)c2ccc([nH]2)c(-c2ccccc2)c2nc(c(-c3ccccc3)c3ccc([nH]3)c1-c1ccccc1)C=C2. The van der Waals surface area contributed by atoms with Crippen LogP contribution in [0.1, 0.15) is 34.5 Å². The number of carbonyl (C=O) groups excluding carboxylic acids is 1. The summed E-state index contributed by atoms with van der Waals surface area (Å²) in [6, 6.07) is 47.7. The Labute approximate surface area is 379 Å². The number of aliphatic imine (C=N–C) groups is 1. The number of fused-ring (bicyclic) bond motifs is 11. The number of ether oxygens (including phenoxy) is 1. The second-order valence-corrected chi connectivity index (χ2v) is 15.9. The zero-order valence-electron chi connectivity index (χ0n) is 35.7. The van der Waals surface area contributed by atoms with Crippen molar-refractivity contribution in [1.29, 1.82) is 0 Å². The number of aromatic amines is 2. The highest BCUT2D eigenvalue weighted by Gasteiger charge is 2.41. The zero-order valence-corrected chi connectivity index (χ0v) is 35.7. The molecule has 11 heteroatoms. The fraction of sp³-hybridized carbons (Fsp3) is 0.0545. The summed E-state index contributed by atoms with van der Waals surface area (Å²) < 4.78 is 38.7. The van der Waals surface area contributed by atoms with Gasteiger partial charge in [0, 0.05) is 73.8 Å². The van der Waals surface area contributed by atoms with Crippen LogP contribution >= 0.6 is 0 Å². The van der Waals surface area contributed by atoms with Crippen molar-refractivity contribution in [3.63, 3.8) is 0 Å². The van der Waals surface area contributed by atoms with Crippen LogP contribution in [0.25, 0.3) is 101 Å².